The minimum Gasteiger partial charge on any atom is -0.392 e. The number of anilines is 1. The predicted octanol–water partition coefficient (Wildman–Crippen LogP) is 3.86. The molecule has 0 unspecified atom stereocenters. The summed E-state index contributed by atoms with van der Waals surface area (Å²) in [7, 11) is -3.67. The van der Waals surface area contributed by atoms with Crippen LogP contribution in [-0.4, -0.2) is 57.4 Å². The molecule has 0 aliphatic carbocycles. The largest absolute Gasteiger partial charge is 0.392 e. The summed E-state index contributed by atoms with van der Waals surface area (Å²) in [4.78, 5) is 2.56. The summed E-state index contributed by atoms with van der Waals surface area (Å²) in [6.45, 7) is 3.97. The lowest BCUT2D eigenvalue weighted by Gasteiger charge is -2.39. The third-order valence-electron chi connectivity index (χ3n) is 6.67. The molecule has 2 fully saturated rings. The summed E-state index contributed by atoms with van der Waals surface area (Å²) in [5.41, 5.74) is 3.16. The summed E-state index contributed by atoms with van der Waals surface area (Å²) in [6, 6.07) is 23.2. The Hall–Kier alpha value is -2.79. The zero-order valence-electron chi connectivity index (χ0n) is 20.5. The molecule has 8 nitrogen and oxygen atoms in total. The van der Waals surface area contributed by atoms with E-state index in [4.69, 9.17) is 14.2 Å². The molecule has 196 valence electrons. The molecule has 2 aliphatic rings. The monoisotopic (exact) mass is 524 g/mol. The summed E-state index contributed by atoms with van der Waals surface area (Å²) < 4.78 is 46.3. The fraction of sp³-hybridized carbons (Fsp3) is 0.357. The topological polar surface area (TPSA) is 97.3 Å². The highest BCUT2D eigenvalue weighted by atomic mass is 32.2. The third-order valence-corrected chi connectivity index (χ3v) is 8.07. The van der Waals surface area contributed by atoms with E-state index in [1.54, 1.807) is 42.5 Å². The minimum atomic E-state index is -3.67. The molecule has 9 heteroatoms. The van der Waals surface area contributed by atoms with Crippen LogP contribution < -0.4 is 4.72 Å². The first-order chi connectivity index (χ1) is 18.0. The van der Waals surface area contributed by atoms with Crippen LogP contribution in [-0.2, 0) is 30.8 Å². The quantitative estimate of drug-likeness (QED) is 0.462. The van der Waals surface area contributed by atoms with Crippen molar-refractivity contribution < 1.29 is 27.7 Å². The van der Waals surface area contributed by atoms with Crippen LogP contribution in [0.15, 0.2) is 83.8 Å². The Bertz CT molecular complexity index is 1250. The molecule has 5 rings (SSSR count). The molecule has 3 aromatic carbocycles. The maximum atomic E-state index is 12.7. The average Bonchev–Trinajstić information content (AvgIpc) is 2.94. The van der Waals surface area contributed by atoms with Gasteiger partial charge in [0.25, 0.3) is 10.0 Å². The number of nitrogens with one attached hydrogen (secondary N) is 1. The fourth-order valence-corrected chi connectivity index (χ4v) is 5.71. The number of benzene rings is 3. The van der Waals surface area contributed by atoms with Crippen molar-refractivity contribution in [3.63, 3.8) is 0 Å². The van der Waals surface area contributed by atoms with Gasteiger partial charge in [-0.15, -0.1) is 0 Å². The molecule has 0 spiro atoms. The molecule has 37 heavy (non-hydrogen) atoms. The lowest BCUT2D eigenvalue weighted by Crippen LogP contribution is -2.44. The van der Waals surface area contributed by atoms with Crippen molar-refractivity contribution in [2.75, 3.05) is 37.6 Å². The Balaban J connectivity index is 1.33. The van der Waals surface area contributed by atoms with Crippen LogP contribution in [0.25, 0.3) is 0 Å². The van der Waals surface area contributed by atoms with E-state index in [0.717, 1.165) is 49.5 Å². The first kappa shape index (κ1) is 25.8. The molecule has 2 saturated heterocycles. The van der Waals surface area contributed by atoms with Gasteiger partial charge in [0.2, 0.25) is 0 Å². The number of rotatable bonds is 8. The van der Waals surface area contributed by atoms with Gasteiger partial charge in [-0.05, 0) is 35.4 Å². The van der Waals surface area contributed by atoms with Crippen molar-refractivity contribution in [3.8, 4) is 0 Å². The molecule has 0 aromatic heterocycles. The average molecular weight is 525 g/mol. The van der Waals surface area contributed by atoms with Gasteiger partial charge >= 0.3 is 0 Å². The maximum absolute atomic E-state index is 12.7. The lowest BCUT2D eigenvalue weighted by molar-refractivity contribution is -0.253. The van der Waals surface area contributed by atoms with E-state index in [1.165, 1.54) is 0 Å². The lowest BCUT2D eigenvalue weighted by atomic mass is 9.99. The molecule has 0 saturated carbocycles. The van der Waals surface area contributed by atoms with Crippen LogP contribution in [0.5, 0.6) is 0 Å². The van der Waals surface area contributed by atoms with E-state index in [-0.39, 0.29) is 23.7 Å². The van der Waals surface area contributed by atoms with Crippen molar-refractivity contribution in [1.82, 2.24) is 4.90 Å². The molecule has 2 aliphatic heterocycles. The smallest absolute Gasteiger partial charge is 0.261 e. The van der Waals surface area contributed by atoms with Crippen LogP contribution in [0.4, 0.5) is 5.69 Å². The van der Waals surface area contributed by atoms with E-state index >= 15 is 0 Å². The van der Waals surface area contributed by atoms with Gasteiger partial charge in [-0.25, -0.2) is 8.42 Å². The molecule has 2 N–H and O–H groups in total. The summed E-state index contributed by atoms with van der Waals surface area (Å²) in [5, 5.41) is 9.40. The number of hydrogen-bond acceptors (Lipinski definition) is 7. The van der Waals surface area contributed by atoms with Gasteiger partial charge in [0.05, 0.1) is 36.9 Å². The van der Waals surface area contributed by atoms with Gasteiger partial charge in [-0.3, -0.25) is 9.62 Å². The van der Waals surface area contributed by atoms with E-state index in [0.29, 0.717) is 12.1 Å². The molecule has 0 bridgehead atoms. The highest BCUT2D eigenvalue weighted by Crippen LogP contribution is 2.38. The van der Waals surface area contributed by atoms with Crippen LogP contribution >= 0.6 is 0 Å². The molecule has 2 heterocycles. The van der Waals surface area contributed by atoms with E-state index in [9.17, 15) is 13.5 Å². The molecule has 0 radical (unpaired) electrons. The number of sulfonamides is 1. The van der Waals surface area contributed by atoms with Crippen molar-refractivity contribution in [2.24, 2.45) is 0 Å². The second-order valence-corrected chi connectivity index (χ2v) is 11.0. The first-order valence-electron chi connectivity index (χ1n) is 12.5. The van der Waals surface area contributed by atoms with Gasteiger partial charge in [0.1, 0.15) is 0 Å². The Kier molecular flexibility index (Phi) is 8.19. The molecular weight excluding hydrogens is 492 g/mol. The second kappa shape index (κ2) is 11.7. The highest BCUT2D eigenvalue weighted by Gasteiger charge is 2.33. The molecule has 3 aromatic rings. The normalized spacial score (nSPS) is 23.0. The Labute approximate surface area is 217 Å². The van der Waals surface area contributed by atoms with Gasteiger partial charge < -0.3 is 19.3 Å². The van der Waals surface area contributed by atoms with Crippen molar-refractivity contribution in [3.05, 3.63) is 95.6 Å². The van der Waals surface area contributed by atoms with E-state index in [2.05, 4.69) is 9.62 Å². The van der Waals surface area contributed by atoms with Gasteiger partial charge in [-0.1, -0.05) is 54.6 Å². The van der Waals surface area contributed by atoms with Crippen molar-refractivity contribution in [2.45, 2.75) is 36.4 Å². The van der Waals surface area contributed by atoms with Crippen LogP contribution in [0.2, 0.25) is 0 Å². The zero-order chi connectivity index (χ0) is 25.7. The highest BCUT2D eigenvalue weighted by molar-refractivity contribution is 7.92. The van der Waals surface area contributed by atoms with Gasteiger partial charge in [0.15, 0.2) is 6.29 Å². The summed E-state index contributed by atoms with van der Waals surface area (Å²) in [5.74, 6) is 0. The Morgan fingerprint density at radius 3 is 2.22 bits per heavy atom. The number of aliphatic hydroxyl groups is 1. The number of hydrogen-bond donors (Lipinski definition) is 2. The van der Waals surface area contributed by atoms with E-state index < -0.39 is 16.3 Å². The van der Waals surface area contributed by atoms with Crippen LogP contribution in [0.1, 0.15) is 35.5 Å². The summed E-state index contributed by atoms with van der Waals surface area (Å²) in [6.07, 6.45) is -0.104. The predicted molar refractivity (Wildman–Crippen MR) is 139 cm³/mol. The Morgan fingerprint density at radius 1 is 0.865 bits per heavy atom. The van der Waals surface area contributed by atoms with Crippen LogP contribution in [0, 0.1) is 0 Å². The maximum Gasteiger partial charge on any atom is 0.261 e. The second-order valence-electron chi connectivity index (χ2n) is 9.30. The van der Waals surface area contributed by atoms with Crippen molar-refractivity contribution >= 4 is 15.7 Å². The molecule has 3 atom stereocenters. The summed E-state index contributed by atoms with van der Waals surface area (Å²) >= 11 is 0. The number of morpholine rings is 1. The zero-order valence-corrected chi connectivity index (χ0v) is 21.3. The SMILES string of the molecule is O=S(=O)(Nc1ccc([C@@H]2O[C@H](CN3CCOCC3)C[C@H](c3ccc(CO)cc3)O2)cc1)c1ccccc1. The number of nitrogens with zero attached hydrogens (tertiary/aromatic N) is 1. The van der Waals surface area contributed by atoms with Gasteiger partial charge in [-0.2, -0.15) is 0 Å². The Morgan fingerprint density at radius 2 is 1.54 bits per heavy atom. The number of ether oxygens (including phenoxy) is 3. The standard InChI is InChI=1S/C28H32N2O6S/c31-20-21-6-8-22(9-7-21)27-18-25(19-30-14-16-34-17-15-30)35-28(36-27)23-10-12-24(13-11-23)29-37(32,33)26-4-2-1-3-5-26/h1-13,25,27-29,31H,14-20H2/t25-,27+,28+/m0/s1. The fourth-order valence-electron chi connectivity index (χ4n) is 4.63. The van der Waals surface area contributed by atoms with Crippen LogP contribution in [0.3, 0.4) is 0 Å². The third kappa shape index (κ3) is 6.56. The van der Waals surface area contributed by atoms with Crippen molar-refractivity contribution in [1.29, 1.82) is 0 Å². The minimum absolute atomic E-state index is 0.00241. The molecule has 0 amide bonds. The first-order valence-corrected chi connectivity index (χ1v) is 14.0. The molecular formula is C28H32N2O6S. The van der Waals surface area contributed by atoms with E-state index in [1.807, 2.05) is 36.4 Å². The number of aliphatic hydroxyl groups excluding tert-OH is 1. The van der Waals surface area contributed by atoms with Gasteiger partial charge in [0, 0.05) is 37.3 Å².